The Bertz CT molecular complexity index is 990. The van der Waals surface area contributed by atoms with Crippen LogP contribution in [0.5, 0.6) is 0 Å². The van der Waals surface area contributed by atoms with Crippen molar-refractivity contribution in [1.29, 1.82) is 0 Å². The van der Waals surface area contributed by atoms with Crippen molar-refractivity contribution in [3.8, 4) is 0 Å². The minimum atomic E-state index is -0.864. The van der Waals surface area contributed by atoms with Gasteiger partial charge in [-0.25, -0.2) is 4.79 Å². The maximum atomic E-state index is 11.6. The molecule has 0 atom stereocenters. The van der Waals surface area contributed by atoms with Crippen LogP contribution in [0.3, 0.4) is 0 Å². The van der Waals surface area contributed by atoms with E-state index in [-0.39, 0.29) is 0 Å². The summed E-state index contributed by atoms with van der Waals surface area (Å²) in [6.07, 6.45) is 3.34. The van der Waals surface area contributed by atoms with Gasteiger partial charge < -0.3 is 10.0 Å². The van der Waals surface area contributed by atoms with Crippen LogP contribution in [0.25, 0.3) is 5.57 Å². The number of halogens is 1. The minimum Gasteiger partial charge on any atom is -0.478 e. The molecular weight excluding hydrogens is 408 g/mol. The fourth-order valence-corrected chi connectivity index (χ4v) is 5.19. The summed E-state index contributed by atoms with van der Waals surface area (Å²) in [4.78, 5) is 16.3. The zero-order chi connectivity index (χ0) is 22.0. The summed E-state index contributed by atoms with van der Waals surface area (Å²) < 4.78 is 0. The molecule has 0 radical (unpaired) electrons. The first-order valence-corrected chi connectivity index (χ1v) is 11.5. The summed E-state index contributed by atoms with van der Waals surface area (Å²) in [5.74, 6) is -0.864. The molecule has 0 amide bonds. The Morgan fingerprint density at radius 1 is 1.03 bits per heavy atom. The van der Waals surface area contributed by atoms with Crippen molar-refractivity contribution in [2.45, 2.75) is 33.1 Å². The number of hydrogen-bond acceptors (Lipinski definition) is 3. The number of aromatic carboxylic acids is 1. The van der Waals surface area contributed by atoms with Gasteiger partial charge >= 0.3 is 5.97 Å². The normalized spacial score (nSPS) is 19.5. The molecule has 1 N–H and O–H groups in total. The topological polar surface area (TPSA) is 43.8 Å². The molecule has 0 aromatic heterocycles. The zero-order valence-corrected chi connectivity index (χ0v) is 19.2. The van der Waals surface area contributed by atoms with E-state index in [1.165, 1.54) is 23.1 Å². The quantitative estimate of drug-likeness (QED) is 0.638. The molecule has 2 aromatic rings. The molecule has 2 aliphatic rings. The first kappa shape index (κ1) is 21.9. The summed E-state index contributed by atoms with van der Waals surface area (Å²) >= 11 is 6.56. The number of nitrogens with zero attached hydrogens (tertiary/aromatic N) is 2. The van der Waals surface area contributed by atoms with Gasteiger partial charge in [0.15, 0.2) is 0 Å². The second kappa shape index (κ2) is 9.05. The Morgan fingerprint density at radius 2 is 1.71 bits per heavy atom. The maximum absolute atomic E-state index is 11.6. The highest BCUT2D eigenvalue weighted by Gasteiger charge is 2.30. The number of piperazine rings is 1. The van der Waals surface area contributed by atoms with Gasteiger partial charge in [0.1, 0.15) is 0 Å². The van der Waals surface area contributed by atoms with Crippen LogP contribution in [0.4, 0.5) is 5.69 Å². The summed E-state index contributed by atoms with van der Waals surface area (Å²) in [6.45, 7) is 9.19. The molecule has 1 heterocycles. The Labute approximate surface area is 190 Å². The predicted molar refractivity (Wildman–Crippen MR) is 128 cm³/mol. The van der Waals surface area contributed by atoms with Crippen LogP contribution in [0.15, 0.2) is 54.1 Å². The Balaban J connectivity index is 1.51. The van der Waals surface area contributed by atoms with Crippen LogP contribution in [-0.2, 0) is 0 Å². The third kappa shape index (κ3) is 4.97. The highest BCUT2D eigenvalue weighted by Crippen LogP contribution is 2.44. The molecule has 0 saturated carbocycles. The number of carboxylic acid groups (broad SMARTS) is 1. The van der Waals surface area contributed by atoms with Crippen molar-refractivity contribution in [3.63, 3.8) is 0 Å². The van der Waals surface area contributed by atoms with Crippen LogP contribution in [-0.4, -0.2) is 48.7 Å². The Hall–Kier alpha value is -2.30. The summed E-state index contributed by atoms with van der Waals surface area (Å²) in [5, 5.41) is 10.4. The van der Waals surface area contributed by atoms with Gasteiger partial charge in [-0.3, -0.25) is 4.90 Å². The lowest BCUT2D eigenvalue weighted by molar-refractivity contribution is 0.0697. The van der Waals surface area contributed by atoms with Crippen LogP contribution in [0, 0.1) is 5.41 Å². The molecule has 0 spiro atoms. The van der Waals surface area contributed by atoms with Gasteiger partial charge in [-0.15, -0.1) is 0 Å². The molecule has 4 nitrogen and oxygen atoms in total. The highest BCUT2D eigenvalue weighted by molar-refractivity contribution is 6.32. The van der Waals surface area contributed by atoms with Gasteiger partial charge in [0.05, 0.1) is 11.3 Å². The standard InChI is InChI=1S/C26H31ClN2O2/c1-26(2)12-11-20(21-7-3-5-9-23(21)27)19(17-26)18-28-13-15-29(16-14-28)24-10-6-4-8-22(24)25(30)31/h3-10H,11-18H2,1-2H3,(H,30,31). The van der Waals surface area contributed by atoms with E-state index >= 15 is 0 Å². The third-order valence-corrected chi connectivity index (χ3v) is 6.96. The molecular formula is C26H31ClN2O2. The second-order valence-corrected chi connectivity index (χ2v) is 9.90. The average Bonchev–Trinajstić information content (AvgIpc) is 2.75. The molecule has 5 heteroatoms. The molecule has 164 valence electrons. The lowest BCUT2D eigenvalue weighted by atomic mass is 9.72. The monoisotopic (exact) mass is 438 g/mol. The van der Waals surface area contributed by atoms with E-state index in [9.17, 15) is 9.90 Å². The van der Waals surface area contributed by atoms with E-state index in [1.54, 1.807) is 12.1 Å². The Morgan fingerprint density at radius 3 is 2.42 bits per heavy atom. The third-order valence-electron chi connectivity index (χ3n) is 6.63. The fraction of sp³-hybridized carbons (Fsp3) is 0.423. The first-order valence-electron chi connectivity index (χ1n) is 11.1. The van der Waals surface area contributed by atoms with Crippen molar-refractivity contribution in [2.75, 3.05) is 37.6 Å². The molecule has 1 fully saturated rings. The van der Waals surface area contributed by atoms with Crippen LogP contribution in [0.2, 0.25) is 5.02 Å². The predicted octanol–water partition coefficient (Wildman–Crippen LogP) is 5.82. The fourth-order valence-electron chi connectivity index (χ4n) is 4.94. The van der Waals surface area contributed by atoms with E-state index in [0.717, 1.165) is 56.3 Å². The summed E-state index contributed by atoms with van der Waals surface area (Å²) in [5.41, 5.74) is 5.62. The van der Waals surface area contributed by atoms with E-state index in [1.807, 2.05) is 24.3 Å². The van der Waals surface area contributed by atoms with Crippen LogP contribution < -0.4 is 4.90 Å². The molecule has 1 aliphatic carbocycles. The number of rotatable bonds is 5. The number of allylic oxidation sites excluding steroid dienone is 1. The van der Waals surface area contributed by atoms with Crippen molar-refractivity contribution in [1.82, 2.24) is 4.90 Å². The maximum Gasteiger partial charge on any atom is 0.337 e. The van der Waals surface area contributed by atoms with Crippen molar-refractivity contribution in [2.24, 2.45) is 5.41 Å². The number of benzene rings is 2. The SMILES string of the molecule is CC1(C)CCC(c2ccccc2Cl)=C(CN2CCN(c3ccccc3C(=O)O)CC2)C1. The van der Waals surface area contributed by atoms with Gasteiger partial charge in [-0.05, 0) is 54.0 Å². The molecule has 31 heavy (non-hydrogen) atoms. The lowest BCUT2D eigenvalue weighted by Crippen LogP contribution is -2.47. The lowest BCUT2D eigenvalue weighted by Gasteiger charge is -2.40. The summed E-state index contributed by atoms with van der Waals surface area (Å²) in [7, 11) is 0. The highest BCUT2D eigenvalue weighted by atomic mass is 35.5. The minimum absolute atomic E-state index is 0.308. The van der Waals surface area contributed by atoms with E-state index in [2.05, 4.69) is 35.8 Å². The van der Waals surface area contributed by atoms with Crippen molar-refractivity contribution in [3.05, 3.63) is 70.3 Å². The average molecular weight is 439 g/mol. The molecule has 2 aromatic carbocycles. The first-order chi connectivity index (χ1) is 14.8. The van der Waals surface area contributed by atoms with Gasteiger partial charge in [0.25, 0.3) is 0 Å². The van der Waals surface area contributed by atoms with Gasteiger partial charge in [0, 0.05) is 37.7 Å². The largest absolute Gasteiger partial charge is 0.478 e. The van der Waals surface area contributed by atoms with Crippen molar-refractivity contribution >= 4 is 28.8 Å². The van der Waals surface area contributed by atoms with E-state index in [0.29, 0.717) is 11.0 Å². The number of hydrogen-bond donors (Lipinski definition) is 1. The molecule has 0 bridgehead atoms. The van der Waals surface area contributed by atoms with Crippen molar-refractivity contribution < 1.29 is 9.90 Å². The van der Waals surface area contributed by atoms with Gasteiger partial charge in [-0.1, -0.05) is 61.4 Å². The molecule has 1 aliphatic heterocycles. The van der Waals surface area contributed by atoms with E-state index in [4.69, 9.17) is 11.6 Å². The molecule has 0 unspecified atom stereocenters. The second-order valence-electron chi connectivity index (χ2n) is 9.49. The van der Waals surface area contributed by atoms with Crippen LogP contribution >= 0.6 is 11.6 Å². The molecule has 1 saturated heterocycles. The smallest absolute Gasteiger partial charge is 0.337 e. The number of carbonyl (C=O) groups is 1. The van der Waals surface area contributed by atoms with E-state index < -0.39 is 5.97 Å². The number of para-hydroxylation sites is 1. The van der Waals surface area contributed by atoms with Gasteiger partial charge in [0.2, 0.25) is 0 Å². The van der Waals surface area contributed by atoms with Crippen LogP contribution in [0.1, 0.15) is 49.0 Å². The summed E-state index contributed by atoms with van der Waals surface area (Å²) in [6, 6.07) is 15.5. The zero-order valence-electron chi connectivity index (χ0n) is 18.4. The number of carboxylic acids is 1. The van der Waals surface area contributed by atoms with Gasteiger partial charge in [-0.2, -0.15) is 0 Å². The number of anilines is 1. The molecule has 4 rings (SSSR count). The Kier molecular flexibility index (Phi) is 6.40.